The van der Waals surface area contributed by atoms with E-state index in [-0.39, 0.29) is 5.97 Å². The molecule has 0 spiro atoms. The molecular formula is C23H46O3S. The van der Waals surface area contributed by atoms with E-state index >= 15 is 0 Å². The molecule has 0 bridgehead atoms. The lowest BCUT2D eigenvalue weighted by atomic mass is 10.0. The minimum absolute atomic E-state index is 0.283. The summed E-state index contributed by atoms with van der Waals surface area (Å²) in [7, 11) is 2.99. The normalized spacial score (nSPS) is 13.5. The van der Waals surface area contributed by atoms with Gasteiger partial charge in [-0.05, 0) is 19.1 Å². The lowest BCUT2D eigenvalue weighted by molar-refractivity contribution is -0.161. The zero-order valence-corrected chi connectivity index (χ0v) is 19.5. The molecule has 0 saturated carbocycles. The summed E-state index contributed by atoms with van der Waals surface area (Å²) in [5.41, 5.74) is -0.811. The lowest BCUT2D eigenvalue weighted by Gasteiger charge is -2.24. The van der Waals surface area contributed by atoms with Crippen LogP contribution in [-0.4, -0.2) is 37.3 Å². The summed E-state index contributed by atoms with van der Waals surface area (Å²) in [6.07, 6.45) is 20.9. The molecule has 0 aliphatic rings. The number of unbranched alkanes of at least 4 members (excludes halogenated alkanes) is 14. The number of hydrogen-bond donors (Lipinski definition) is 0. The molecule has 1 unspecified atom stereocenters. The predicted octanol–water partition coefficient (Wildman–Crippen LogP) is 7.17. The maximum absolute atomic E-state index is 11.7. The quantitative estimate of drug-likeness (QED) is 0.160. The average molecular weight is 403 g/mol. The Kier molecular flexibility index (Phi) is 19.0. The van der Waals surface area contributed by atoms with Crippen LogP contribution < -0.4 is 0 Å². The first-order valence-electron chi connectivity index (χ1n) is 11.3. The van der Waals surface area contributed by atoms with E-state index in [0.29, 0.717) is 5.75 Å². The van der Waals surface area contributed by atoms with Crippen LogP contribution in [0.3, 0.4) is 0 Å². The maximum atomic E-state index is 11.7. The van der Waals surface area contributed by atoms with E-state index in [1.165, 1.54) is 103 Å². The minimum Gasteiger partial charge on any atom is -0.467 e. The van der Waals surface area contributed by atoms with Crippen molar-refractivity contribution < 1.29 is 14.3 Å². The Morgan fingerprint density at radius 3 is 1.52 bits per heavy atom. The second-order valence-corrected chi connectivity index (χ2v) is 9.03. The number of hydrogen-bond acceptors (Lipinski definition) is 4. The number of carbonyl (C=O) groups is 1. The number of rotatable bonds is 20. The molecule has 162 valence electrons. The van der Waals surface area contributed by atoms with Crippen LogP contribution >= 0.6 is 11.8 Å². The highest BCUT2D eigenvalue weighted by Crippen LogP contribution is 2.20. The summed E-state index contributed by atoms with van der Waals surface area (Å²) in [4.78, 5) is 11.7. The van der Waals surface area contributed by atoms with Gasteiger partial charge in [0.05, 0.1) is 7.11 Å². The Bertz CT molecular complexity index is 336. The van der Waals surface area contributed by atoms with Crippen molar-refractivity contribution in [1.82, 2.24) is 0 Å². The summed E-state index contributed by atoms with van der Waals surface area (Å²) in [5, 5.41) is 0. The summed E-state index contributed by atoms with van der Waals surface area (Å²) in [6.45, 7) is 4.09. The van der Waals surface area contributed by atoms with E-state index in [9.17, 15) is 4.79 Å². The van der Waals surface area contributed by atoms with Gasteiger partial charge < -0.3 is 9.47 Å². The van der Waals surface area contributed by atoms with Crippen molar-refractivity contribution >= 4 is 17.7 Å². The van der Waals surface area contributed by atoms with Crippen LogP contribution in [0.25, 0.3) is 0 Å². The van der Waals surface area contributed by atoms with E-state index < -0.39 is 5.60 Å². The third-order valence-electron chi connectivity index (χ3n) is 5.34. The summed E-state index contributed by atoms with van der Waals surface area (Å²) in [6, 6.07) is 0. The van der Waals surface area contributed by atoms with Crippen LogP contribution in [0, 0.1) is 0 Å². The fourth-order valence-electron chi connectivity index (χ4n) is 3.26. The van der Waals surface area contributed by atoms with E-state index in [2.05, 4.69) is 6.92 Å². The van der Waals surface area contributed by atoms with Gasteiger partial charge in [0.2, 0.25) is 0 Å². The van der Waals surface area contributed by atoms with Gasteiger partial charge in [-0.1, -0.05) is 96.8 Å². The zero-order valence-electron chi connectivity index (χ0n) is 18.7. The van der Waals surface area contributed by atoms with Gasteiger partial charge in [-0.2, -0.15) is 11.8 Å². The zero-order chi connectivity index (χ0) is 20.2. The first-order valence-corrected chi connectivity index (χ1v) is 12.5. The van der Waals surface area contributed by atoms with Gasteiger partial charge in [-0.15, -0.1) is 0 Å². The molecule has 0 radical (unpaired) electrons. The van der Waals surface area contributed by atoms with Gasteiger partial charge in [0, 0.05) is 12.9 Å². The first kappa shape index (κ1) is 26.8. The highest BCUT2D eigenvalue weighted by Gasteiger charge is 2.33. The molecule has 0 fully saturated rings. The van der Waals surface area contributed by atoms with Crippen LogP contribution in [0.5, 0.6) is 0 Å². The average Bonchev–Trinajstić information content (AvgIpc) is 2.69. The third-order valence-corrected chi connectivity index (χ3v) is 6.67. The van der Waals surface area contributed by atoms with Gasteiger partial charge >= 0.3 is 5.97 Å². The Labute approximate surface area is 173 Å². The summed E-state index contributed by atoms with van der Waals surface area (Å²) < 4.78 is 10.1. The van der Waals surface area contributed by atoms with E-state index in [0.717, 1.165) is 5.75 Å². The standard InChI is InChI=1S/C23H46O3S/c1-5-6-7-8-9-10-11-12-13-14-15-16-17-18-19-20-27-21-23(2,26-4)22(24)25-3/h5-21H2,1-4H3. The molecule has 0 aromatic carbocycles. The Morgan fingerprint density at radius 1 is 0.741 bits per heavy atom. The third kappa shape index (κ3) is 15.4. The SMILES string of the molecule is CCCCCCCCCCCCCCCCCSCC(C)(OC)C(=O)OC. The van der Waals surface area contributed by atoms with Gasteiger partial charge in [-0.25, -0.2) is 4.79 Å². The van der Waals surface area contributed by atoms with Crippen molar-refractivity contribution in [3.63, 3.8) is 0 Å². The van der Waals surface area contributed by atoms with Crippen molar-refractivity contribution in [2.24, 2.45) is 0 Å². The number of ether oxygens (including phenoxy) is 2. The van der Waals surface area contributed by atoms with Crippen LogP contribution in [0.4, 0.5) is 0 Å². The molecule has 0 aliphatic carbocycles. The number of esters is 1. The van der Waals surface area contributed by atoms with Crippen LogP contribution in [-0.2, 0) is 14.3 Å². The van der Waals surface area contributed by atoms with Gasteiger partial charge in [0.15, 0.2) is 5.60 Å². The summed E-state index contributed by atoms with van der Waals surface area (Å²) in [5.74, 6) is 1.47. The molecule has 3 nitrogen and oxygen atoms in total. The molecule has 0 saturated heterocycles. The Balaban J connectivity index is 3.28. The van der Waals surface area contributed by atoms with E-state index in [1.807, 2.05) is 0 Å². The Hall–Kier alpha value is -0.220. The fourth-order valence-corrected chi connectivity index (χ4v) is 4.44. The number of thioether (sulfide) groups is 1. The molecule has 0 rings (SSSR count). The second kappa shape index (κ2) is 19.1. The second-order valence-electron chi connectivity index (χ2n) is 7.93. The molecule has 4 heteroatoms. The molecule has 0 N–H and O–H groups in total. The highest BCUT2D eigenvalue weighted by atomic mass is 32.2. The van der Waals surface area contributed by atoms with Crippen molar-refractivity contribution in [3.8, 4) is 0 Å². The molecule has 0 aromatic heterocycles. The van der Waals surface area contributed by atoms with Crippen molar-refractivity contribution in [2.45, 2.75) is 116 Å². The Morgan fingerprint density at radius 2 is 1.15 bits per heavy atom. The van der Waals surface area contributed by atoms with Gasteiger partial charge in [-0.3, -0.25) is 0 Å². The number of methoxy groups -OCH3 is 2. The topological polar surface area (TPSA) is 35.5 Å². The van der Waals surface area contributed by atoms with Crippen molar-refractivity contribution in [3.05, 3.63) is 0 Å². The van der Waals surface area contributed by atoms with E-state index in [4.69, 9.17) is 9.47 Å². The van der Waals surface area contributed by atoms with E-state index in [1.54, 1.807) is 25.8 Å². The fraction of sp³-hybridized carbons (Fsp3) is 0.957. The van der Waals surface area contributed by atoms with Gasteiger partial charge in [0.1, 0.15) is 0 Å². The largest absolute Gasteiger partial charge is 0.467 e. The molecule has 1 atom stereocenters. The molecule has 27 heavy (non-hydrogen) atoms. The predicted molar refractivity (Wildman–Crippen MR) is 120 cm³/mol. The first-order chi connectivity index (χ1) is 13.1. The minimum atomic E-state index is -0.811. The van der Waals surface area contributed by atoms with Crippen LogP contribution in [0.15, 0.2) is 0 Å². The molecule has 0 aromatic rings. The van der Waals surface area contributed by atoms with Crippen molar-refractivity contribution in [2.75, 3.05) is 25.7 Å². The lowest BCUT2D eigenvalue weighted by Crippen LogP contribution is -2.41. The van der Waals surface area contributed by atoms with Crippen LogP contribution in [0.1, 0.15) is 110 Å². The maximum Gasteiger partial charge on any atom is 0.338 e. The molecular weight excluding hydrogens is 356 g/mol. The highest BCUT2D eigenvalue weighted by molar-refractivity contribution is 7.99. The smallest absolute Gasteiger partial charge is 0.338 e. The monoisotopic (exact) mass is 402 g/mol. The molecule has 0 heterocycles. The molecule has 0 aliphatic heterocycles. The number of carbonyl (C=O) groups excluding carboxylic acids is 1. The molecule has 0 amide bonds. The van der Waals surface area contributed by atoms with Gasteiger partial charge in [0.25, 0.3) is 0 Å². The van der Waals surface area contributed by atoms with Crippen LogP contribution in [0.2, 0.25) is 0 Å². The van der Waals surface area contributed by atoms with Crippen molar-refractivity contribution in [1.29, 1.82) is 0 Å². The summed E-state index contributed by atoms with van der Waals surface area (Å²) >= 11 is 1.79.